The number of nitrogens with one attached hydrogen (secondary N) is 1. The van der Waals surface area contributed by atoms with E-state index in [9.17, 15) is 14.0 Å². The number of benzene rings is 1. The molecule has 4 rings (SSSR count). The highest BCUT2D eigenvalue weighted by molar-refractivity contribution is 5.90. The van der Waals surface area contributed by atoms with Crippen LogP contribution >= 0.6 is 0 Å². The van der Waals surface area contributed by atoms with Gasteiger partial charge in [-0.2, -0.15) is 5.26 Å². The molecular formula is C20H18FN5O3. The van der Waals surface area contributed by atoms with Gasteiger partial charge in [0.15, 0.2) is 0 Å². The Balaban J connectivity index is 1.54. The monoisotopic (exact) mass is 395 g/mol. The van der Waals surface area contributed by atoms with Crippen molar-refractivity contribution in [2.45, 2.75) is 26.0 Å². The highest BCUT2D eigenvalue weighted by Crippen LogP contribution is 2.32. The molecule has 1 aromatic carbocycles. The number of aromatic nitrogens is 2. The first-order chi connectivity index (χ1) is 14.0. The Labute approximate surface area is 166 Å². The van der Waals surface area contributed by atoms with Gasteiger partial charge in [-0.3, -0.25) is 9.69 Å². The zero-order valence-corrected chi connectivity index (χ0v) is 15.7. The van der Waals surface area contributed by atoms with Gasteiger partial charge in [-0.25, -0.2) is 14.2 Å². The summed E-state index contributed by atoms with van der Waals surface area (Å²) >= 11 is 0. The number of allylic oxidation sites excluding steroid dienone is 1. The molecule has 0 spiro atoms. The average Bonchev–Trinajstić information content (AvgIpc) is 3.28. The fourth-order valence-corrected chi connectivity index (χ4v) is 3.55. The number of hydrogen-bond donors (Lipinski definition) is 1. The topological polar surface area (TPSA) is 100 Å². The first kappa shape index (κ1) is 18.7. The number of nitrogens with zero attached hydrogens (tertiary/aromatic N) is 4. The van der Waals surface area contributed by atoms with E-state index in [1.54, 1.807) is 22.9 Å². The Morgan fingerprint density at radius 1 is 1.48 bits per heavy atom. The van der Waals surface area contributed by atoms with Gasteiger partial charge in [0.05, 0.1) is 30.7 Å². The van der Waals surface area contributed by atoms with Gasteiger partial charge in [-0.05, 0) is 36.3 Å². The van der Waals surface area contributed by atoms with Crippen LogP contribution in [0.15, 0.2) is 24.4 Å². The third-order valence-electron chi connectivity index (χ3n) is 4.98. The Hall–Kier alpha value is -3.67. The van der Waals surface area contributed by atoms with E-state index in [0.29, 0.717) is 30.0 Å². The number of halogens is 1. The molecule has 0 radical (unpaired) electrons. The van der Waals surface area contributed by atoms with E-state index in [4.69, 9.17) is 10.00 Å². The van der Waals surface area contributed by atoms with Crippen LogP contribution in [-0.4, -0.2) is 40.7 Å². The summed E-state index contributed by atoms with van der Waals surface area (Å²) < 4.78 is 21.9. The molecule has 0 bridgehead atoms. The molecular weight excluding hydrogens is 377 g/mol. The lowest BCUT2D eigenvalue weighted by Gasteiger charge is -2.19. The minimum atomic E-state index is -0.572. The molecule has 29 heavy (non-hydrogen) atoms. The number of fused-ring (bicyclic) bond motifs is 1. The number of ether oxygens (including phenoxy) is 1. The molecule has 2 amide bonds. The van der Waals surface area contributed by atoms with Gasteiger partial charge < -0.3 is 14.6 Å². The van der Waals surface area contributed by atoms with Crippen molar-refractivity contribution in [3.8, 4) is 6.07 Å². The van der Waals surface area contributed by atoms with Crippen LogP contribution in [0.1, 0.15) is 30.4 Å². The summed E-state index contributed by atoms with van der Waals surface area (Å²) in [4.78, 5) is 28.5. The molecule has 8 nitrogen and oxygen atoms in total. The van der Waals surface area contributed by atoms with E-state index in [2.05, 4.69) is 10.3 Å². The minimum absolute atomic E-state index is 0.209. The zero-order chi connectivity index (χ0) is 20.5. The summed E-state index contributed by atoms with van der Waals surface area (Å²) in [6.07, 6.45) is 2.93. The normalized spacial score (nSPS) is 18.0. The molecule has 1 saturated heterocycles. The predicted octanol–water partition coefficient (Wildman–Crippen LogP) is 2.30. The molecule has 0 aliphatic carbocycles. The molecule has 0 unspecified atom stereocenters. The van der Waals surface area contributed by atoms with Crippen molar-refractivity contribution in [1.82, 2.24) is 14.9 Å². The summed E-state index contributed by atoms with van der Waals surface area (Å²) in [6.45, 7) is 2.38. The SMILES string of the molecule is CC(=O)NC[C@H]1CN(c2ccc(C3=Cc4cnc(C#N)n4CC3)c(F)c2)C(=O)O1. The Bertz CT molecular complexity index is 1070. The lowest BCUT2D eigenvalue weighted by Crippen LogP contribution is -2.33. The van der Waals surface area contributed by atoms with Crippen LogP contribution in [0.2, 0.25) is 0 Å². The number of imidazole rings is 1. The predicted molar refractivity (Wildman–Crippen MR) is 102 cm³/mol. The molecule has 1 N–H and O–H groups in total. The molecule has 1 fully saturated rings. The van der Waals surface area contributed by atoms with Gasteiger partial charge in [0, 0.05) is 19.0 Å². The van der Waals surface area contributed by atoms with Crippen molar-refractivity contribution in [2.24, 2.45) is 0 Å². The molecule has 3 heterocycles. The minimum Gasteiger partial charge on any atom is -0.442 e. The van der Waals surface area contributed by atoms with Gasteiger partial charge in [0.25, 0.3) is 0 Å². The van der Waals surface area contributed by atoms with Crippen LogP contribution < -0.4 is 10.2 Å². The van der Waals surface area contributed by atoms with Crippen LogP contribution in [0.3, 0.4) is 0 Å². The van der Waals surface area contributed by atoms with Crippen LogP contribution in [0.5, 0.6) is 0 Å². The highest BCUT2D eigenvalue weighted by atomic mass is 19.1. The first-order valence-corrected chi connectivity index (χ1v) is 9.15. The van der Waals surface area contributed by atoms with E-state index in [1.165, 1.54) is 17.9 Å². The van der Waals surface area contributed by atoms with E-state index < -0.39 is 18.0 Å². The van der Waals surface area contributed by atoms with E-state index in [-0.39, 0.29) is 19.0 Å². The molecule has 1 atom stereocenters. The number of cyclic esters (lactones) is 1. The summed E-state index contributed by atoms with van der Waals surface area (Å²) in [5, 5.41) is 11.7. The number of carbonyl (C=O) groups excluding carboxylic acids is 2. The summed E-state index contributed by atoms with van der Waals surface area (Å²) in [7, 11) is 0. The van der Waals surface area contributed by atoms with Gasteiger partial charge in [-0.1, -0.05) is 0 Å². The van der Waals surface area contributed by atoms with Crippen LogP contribution in [-0.2, 0) is 16.1 Å². The van der Waals surface area contributed by atoms with E-state index >= 15 is 0 Å². The standard InChI is InChI=1S/C20H18FN5O3/c1-12(27)23-10-16-11-26(20(28)29-16)14-2-3-17(18(21)7-14)13-4-5-25-15(6-13)9-24-19(25)8-22/h2-3,6-7,9,16H,4-5,10-11H2,1H3,(H,23,27)/t16-/m0/s1. The van der Waals surface area contributed by atoms with Crippen molar-refractivity contribution < 1.29 is 18.7 Å². The molecule has 1 aromatic heterocycles. The van der Waals surface area contributed by atoms with Crippen molar-refractivity contribution in [3.05, 3.63) is 47.3 Å². The van der Waals surface area contributed by atoms with Gasteiger partial charge in [0.1, 0.15) is 18.0 Å². The Kier molecular flexibility index (Phi) is 4.76. The summed E-state index contributed by atoms with van der Waals surface area (Å²) in [5.74, 6) is -0.313. The largest absolute Gasteiger partial charge is 0.442 e. The third kappa shape index (κ3) is 3.57. The molecule has 2 aromatic rings. The van der Waals surface area contributed by atoms with Crippen LogP contribution in [0.4, 0.5) is 14.9 Å². The van der Waals surface area contributed by atoms with E-state index in [0.717, 1.165) is 11.3 Å². The number of hydrogen-bond acceptors (Lipinski definition) is 5. The van der Waals surface area contributed by atoms with Crippen molar-refractivity contribution in [3.63, 3.8) is 0 Å². The van der Waals surface area contributed by atoms with Crippen molar-refractivity contribution >= 4 is 29.3 Å². The summed E-state index contributed by atoms with van der Waals surface area (Å²) in [6, 6.07) is 6.66. The molecule has 0 saturated carbocycles. The fraction of sp³-hybridized carbons (Fsp3) is 0.300. The lowest BCUT2D eigenvalue weighted by atomic mass is 9.98. The molecule has 2 aliphatic rings. The maximum absolute atomic E-state index is 14.9. The van der Waals surface area contributed by atoms with Crippen molar-refractivity contribution in [2.75, 3.05) is 18.0 Å². The fourth-order valence-electron chi connectivity index (χ4n) is 3.55. The maximum Gasteiger partial charge on any atom is 0.414 e. The van der Waals surface area contributed by atoms with Crippen molar-refractivity contribution in [1.29, 1.82) is 5.26 Å². The highest BCUT2D eigenvalue weighted by Gasteiger charge is 2.32. The summed E-state index contributed by atoms with van der Waals surface area (Å²) in [5.41, 5.74) is 2.41. The molecule has 9 heteroatoms. The number of carbonyl (C=O) groups is 2. The second-order valence-corrected chi connectivity index (χ2v) is 6.91. The smallest absolute Gasteiger partial charge is 0.414 e. The third-order valence-corrected chi connectivity index (χ3v) is 4.98. The van der Waals surface area contributed by atoms with Crippen LogP contribution in [0.25, 0.3) is 11.6 Å². The van der Waals surface area contributed by atoms with Gasteiger partial charge in [-0.15, -0.1) is 0 Å². The number of amides is 2. The Morgan fingerprint density at radius 2 is 2.31 bits per heavy atom. The maximum atomic E-state index is 14.9. The van der Waals surface area contributed by atoms with Crippen LogP contribution in [0, 0.1) is 17.1 Å². The number of nitriles is 1. The number of rotatable bonds is 4. The Morgan fingerprint density at radius 3 is 3.03 bits per heavy atom. The first-order valence-electron chi connectivity index (χ1n) is 9.15. The average molecular weight is 395 g/mol. The molecule has 2 aliphatic heterocycles. The van der Waals surface area contributed by atoms with Gasteiger partial charge >= 0.3 is 6.09 Å². The number of anilines is 1. The molecule has 148 valence electrons. The lowest BCUT2D eigenvalue weighted by molar-refractivity contribution is -0.119. The van der Waals surface area contributed by atoms with E-state index in [1.807, 2.05) is 12.1 Å². The second kappa shape index (κ2) is 7.39. The second-order valence-electron chi connectivity index (χ2n) is 6.91. The quantitative estimate of drug-likeness (QED) is 0.856. The zero-order valence-electron chi connectivity index (χ0n) is 15.7. The van der Waals surface area contributed by atoms with Gasteiger partial charge in [0.2, 0.25) is 11.7 Å².